The van der Waals surface area contributed by atoms with Crippen LogP contribution < -0.4 is 9.62 Å². The van der Waals surface area contributed by atoms with Crippen molar-refractivity contribution < 1.29 is 13.2 Å². The lowest BCUT2D eigenvalue weighted by atomic mass is 10.0. The van der Waals surface area contributed by atoms with Crippen LogP contribution in [0, 0.1) is 6.92 Å². The highest BCUT2D eigenvalue weighted by molar-refractivity contribution is 7.92. The van der Waals surface area contributed by atoms with Gasteiger partial charge in [-0.2, -0.15) is 0 Å². The molecule has 7 heteroatoms. The van der Waals surface area contributed by atoms with Gasteiger partial charge in [0.2, 0.25) is 15.9 Å². The van der Waals surface area contributed by atoms with Crippen LogP contribution >= 0.6 is 11.6 Å². The summed E-state index contributed by atoms with van der Waals surface area (Å²) in [6.45, 7) is 3.92. The average Bonchev–Trinajstić information content (AvgIpc) is 2.59. The van der Waals surface area contributed by atoms with Gasteiger partial charge in [-0.3, -0.25) is 9.10 Å². The first-order valence-corrected chi connectivity index (χ1v) is 10.5. The molecule has 140 valence electrons. The van der Waals surface area contributed by atoms with Gasteiger partial charge in [0.1, 0.15) is 6.54 Å². The van der Waals surface area contributed by atoms with Gasteiger partial charge in [-0.05, 0) is 36.1 Å². The molecule has 0 aliphatic carbocycles. The van der Waals surface area contributed by atoms with E-state index in [1.165, 1.54) is 0 Å². The summed E-state index contributed by atoms with van der Waals surface area (Å²) in [5.41, 5.74) is 2.25. The van der Waals surface area contributed by atoms with Crippen molar-refractivity contribution in [2.75, 3.05) is 23.7 Å². The highest BCUT2D eigenvalue weighted by Gasteiger charge is 2.23. The van der Waals surface area contributed by atoms with Crippen molar-refractivity contribution >= 4 is 33.2 Å². The van der Waals surface area contributed by atoms with Crippen LogP contribution in [0.1, 0.15) is 24.0 Å². The molecule has 1 amide bonds. The minimum atomic E-state index is -3.63. The molecule has 2 aromatic carbocycles. The summed E-state index contributed by atoms with van der Waals surface area (Å²) in [7, 11) is -3.63. The van der Waals surface area contributed by atoms with Crippen molar-refractivity contribution in [2.45, 2.75) is 19.8 Å². The Morgan fingerprint density at radius 1 is 1.19 bits per heavy atom. The van der Waals surface area contributed by atoms with Gasteiger partial charge in [0.05, 0.1) is 11.9 Å². The van der Waals surface area contributed by atoms with Crippen molar-refractivity contribution in [1.82, 2.24) is 5.32 Å². The van der Waals surface area contributed by atoms with E-state index in [-0.39, 0.29) is 18.4 Å². The molecule has 0 saturated carbocycles. The molecule has 0 saturated heterocycles. The second-order valence-corrected chi connectivity index (χ2v) is 8.66. The van der Waals surface area contributed by atoms with Gasteiger partial charge in [-0.25, -0.2) is 8.42 Å². The van der Waals surface area contributed by atoms with Crippen molar-refractivity contribution in [3.63, 3.8) is 0 Å². The van der Waals surface area contributed by atoms with Crippen LogP contribution in [-0.4, -0.2) is 33.7 Å². The van der Waals surface area contributed by atoms with E-state index < -0.39 is 10.0 Å². The van der Waals surface area contributed by atoms with Crippen LogP contribution in [0.4, 0.5) is 5.69 Å². The van der Waals surface area contributed by atoms with Crippen LogP contribution in [0.15, 0.2) is 48.5 Å². The quantitative estimate of drug-likeness (QED) is 0.783. The highest BCUT2D eigenvalue weighted by atomic mass is 35.5. The van der Waals surface area contributed by atoms with E-state index in [0.717, 1.165) is 21.7 Å². The number of rotatable bonds is 7. The second kappa shape index (κ2) is 8.56. The van der Waals surface area contributed by atoms with Gasteiger partial charge in [0.25, 0.3) is 0 Å². The number of carbonyl (C=O) groups excluding carboxylic acids is 1. The number of anilines is 1. The van der Waals surface area contributed by atoms with E-state index in [9.17, 15) is 13.2 Å². The predicted molar refractivity (Wildman–Crippen MR) is 106 cm³/mol. The molecule has 0 radical (unpaired) electrons. The number of halogens is 1. The third-order valence-electron chi connectivity index (χ3n) is 4.10. The maximum Gasteiger partial charge on any atom is 0.240 e. The molecule has 0 heterocycles. The number of amides is 1. The predicted octanol–water partition coefficient (Wildman–Crippen LogP) is 3.33. The Labute approximate surface area is 160 Å². The second-order valence-electron chi connectivity index (χ2n) is 6.32. The Balaban J connectivity index is 2.09. The van der Waals surface area contributed by atoms with Crippen LogP contribution in [0.5, 0.6) is 0 Å². The van der Waals surface area contributed by atoms with E-state index >= 15 is 0 Å². The third kappa shape index (κ3) is 5.47. The topological polar surface area (TPSA) is 66.5 Å². The largest absolute Gasteiger partial charge is 0.354 e. The van der Waals surface area contributed by atoms with E-state index in [1.54, 1.807) is 25.1 Å². The van der Waals surface area contributed by atoms with Crippen molar-refractivity contribution in [3.8, 4) is 0 Å². The molecular formula is C19H23ClN2O3S. The molecule has 0 spiro atoms. The van der Waals surface area contributed by atoms with Crippen molar-refractivity contribution in [1.29, 1.82) is 0 Å². The summed E-state index contributed by atoms with van der Waals surface area (Å²) in [6.07, 6.45) is 1.08. The molecule has 0 fully saturated rings. The Morgan fingerprint density at radius 2 is 1.85 bits per heavy atom. The lowest BCUT2D eigenvalue weighted by Crippen LogP contribution is -2.41. The van der Waals surface area contributed by atoms with Crippen molar-refractivity contribution in [2.24, 2.45) is 0 Å². The maximum atomic E-state index is 12.4. The fraction of sp³-hybridized carbons (Fsp3) is 0.316. The molecule has 0 aliphatic rings. The van der Waals surface area contributed by atoms with E-state index in [0.29, 0.717) is 17.3 Å². The molecule has 0 aromatic heterocycles. The van der Waals surface area contributed by atoms with Gasteiger partial charge in [0.15, 0.2) is 0 Å². The zero-order valence-electron chi connectivity index (χ0n) is 15.1. The zero-order valence-corrected chi connectivity index (χ0v) is 16.6. The van der Waals surface area contributed by atoms with E-state index in [1.807, 2.05) is 37.3 Å². The van der Waals surface area contributed by atoms with Gasteiger partial charge < -0.3 is 5.32 Å². The van der Waals surface area contributed by atoms with Gasteiger partial charge in [0, 0.05) is 11.6 Å². The molecule has 5 nitrogen and oxygen atoms in total. The standard InChI is InChI=1S/C19H23ClN2O3S/c1-14-9-10-17(20)11-18(14)22(26(3,24)25)13-19(23)21-12-15(2)16-7-5-4-6-8-16/h4-11,15H,12-13H2,1-3H3,(H,21,23). The number of sulfonamides is 1. The monoisotopic (exact) mass is 394 g/mol. The Morgan fingerprint density at radius 3 is 2.46 bits per heavy atom. The van der Waals surface area contributed by atoms with E-state index in [4.69, 9.17) is 11.6 Å². The molecule has 1 unspecified atom stereocenters. The highest BCUT2D eigenvalue weighted by Crippen LogP contribution is 2.26. The summed E-state index contributed by atoms with van der Waals surface area (Å²) in [6, 6.07) is 14.8. The lowest BCUT2D eigenvalue weighted by Gasteiger charge is -2.24. The SMILES string of the molecule is Cc1ccc(Cl)cc1N(CC(=O)NCC(C)c1ccccc1)S(C)(=O)=O. The van der Waals surface area contributed by atoms with Gasteiger partial charge in [-0.1, -0.05) is 54.9 Å². The first kappa shape index (κ1) is 20.3. The van der Waals surface area contributed by atoms with E-state index in [2.05, 4.69) is 5.32 Å². The molecule has 2 rings (SSSR count). The number of hydrogen-bond acceptors (Lipinski definition) is 3. The zero-order chi connectivity index (χ0) is 19.3. The Kier molecular flexibility index (Phi) is 6.67. The minimum Gasteiger partial charge on any atom is -0.354 e. The first-order valence-electron chi connectivity index (χ1n) is 8.24. The summed E-state index contributed by atoms with van der Waals surface area (Å²) < 4.78 is 25.5. The van der Waals surface area contributed by atoms with Crippen LogP contribution in [0.25, 0.3) is 0 Å². The first-order chi connectivity index (χ1) is 12.2. The smallest absolute Gasteiger partial charge is 0.240 e. The molecule has 2 aromatic rings. The Bertz CT molecular complexity index is 870. The molecule has 26 heavy (non-hydrogen) atoms. The Hall–Kier alpha value is -2.05. The summed E-state index contributed by atoms with van der Waals surface area (Å²) in [4.78, 5) is 12.4. The fourth-order valence-electron chi connectivity index (χ4n) is 2.58. The molecule has 1 atom stereocenters. The van der Waals surface area contributed by atoms with Crippen LogP contribution in [0.2, 0.25) is 5.02 Å². The number of aryl methyl sites for hydroxylation is 1. The lowest BCUT2D eigenvalue weighted by molar-refractivity contribution is -0.119. The molecule has 0 aliphatic heterocycles. The maximum absolute atomic E-state index is 12.4. The number of carbonyl (C=O) groups is 1. The summed E-state index contributed by atoms with van der Waals surface area (Å²) >= 11 is 6.00. The molecular weight excluding hydrogens is 372 g/mol. The minimum absolute atomic E-state index is 0.125. The van der Waals surface area contributed by atoms with Gasteiger partial charge in [-0.15, -0.1) is 0 Å². The van der Waals surface area contributed by atoms with Gasteiger partial charge >= 0.3 is 0 Å². The fourth-order valence-corrected chi connectivity index (χ4v) is 3.66. The number of nitrogens with zero attached hydrogens (tertiary/aromatic N) is 1. The summed E-state index contributed by atoms with van der Waals surface area (Å²) in [5, 5.41) is 3.22. The summed E-state index contributed by atoms with van der Waals surface area (Å²) in [5.74, 6) is -0.239. The third-order valence-corrected chi connectivity index (χ3v) is 5.46. The normalized spacial score (nSPS) is 12.5. The van der Waals surface area contributed by atoms with Crippen molar-refractivity contribution in [3.05, 3.63) is 64.7 Å². The molecule has 1 N–H and O–H groups in total. The number of hydrogen-bond donors (Lipinski definition) is 1. The van der Waals surface area contributed by atoms with Crippen LogP contribution in [-0.2, 0) is 14.8 Å². The number of nitrogens with one attached hydrogen (secondary N) is 1. The number of benzene rings is 2. The average molecular weight is 395 g/mol. The molecule has 0 bridgehead atoms. The van der Waals surface area contributed by atoms with Crippen LogP contribution in [0.3, 0.4) is 0 Å².